The molecule has 1 aliphatic rings. The number of phenolic OH excluding ortho intramolecular Hbond substituents is 1. The Morgan fingerprint density at radius 2 is 1.84 bits per heavy atom. The summed E-state index contributed by atoms with van der Waals surface area (Å²) in [6.07, 6.45) is -3.24. The Morgan fingerprint density at radius 3 is 2.55 bits per heavy atom. The van der Waals surface area contributed by atoms with Gasteiger partial charge >= 0.3 is 12.1 Å². The molecule has 3 N–H and O–H groups in total. The summed E-state index contributed by atoms with van der Waals surface area (Å²) in [4.78, 5) is 37.8. The van der Waals surface area contributed by atoms with Crippen LogP contribution in [0.25, 0.3) is 10.8 Å². The van der Waals surface area contributed by atoms with E-state index in [4.69, 9.17) is 11.6 Å². The number of benzene rings is 3. The molecule has 1 fully saturated rings. The standard InChI is InChI=1S/C26H22ClF3N4O4/c27-21-11-16(7-8-22(21)35)24(37)33-31-13-17-6-5-15(19-3-1-2-4-20(17)19)12-23(36)34-10-9-18(14-34)32-25(38)26(28,29)30/h1-8,11,13,18,35H,9-10,12,14H2,(H,32,38)(H,33,37). The zero-order chi connectivity index (χ0) is 27.4. The van der Waals surface area contributed by atoms with Gasteiger partial charge in [0.05, 0.1) is 17.7 Å². The second-order valence-electron chi connectivity index (χ2n) is 8.70. The molecule has 8 nitrogen and oxygen atoms in total. The van der Waals surface area contributed by atoms with Crippen molar-refractivity contribution in [3.63, 3.8) is 0 Å². The first kappa shape index (κ1) is 26.9. The first-order valence-corrected chi connectivity index (χ1v) is 11.9. The van der Waals surface area contributed by atoms with Crippen LogP contribution in [0.4, 0.5) is 13.2 Å². The number of nitrogens with one attached hydrogen (secondary N) is 2. The van der Waals surface area contributed by atoms with Crippen LogP contribution in [0.1, 0.15) is 27.9 Å². The fraction of sp³-hybridized carbons (Fsp3) is 0.231. The Kier molecular flexibility index (Phi) is 7.86. The largest absolute Gasteiger partial charge is 0.506 e. The van der Waals surface area contributed by atoms with E-state index in [9.17, 15) is 32.7 Å². The average molecular weight is 547 g/mol. The summed E-state index contributed by atoms with van der Waals surface area (Å²) < 4.78 is 37.5. The van der Waals surface area contributed by atoms with Crippen molar-refractivity contribution in [1.82, 2.24) is 15.6 Å². The molecule has 1 atom stereocenters. The highest BCUT2D eigenvalue weighted by Gasteiger charge is 2.41. The fourth-order valence-corrected chi connectivity index (χ4v) is 4.35. The molecule has 3 aromatic carbocycles. The van der Waals surface area contributed by atoms with Crippen LogP contribution in [0.15, 0.2) is 59.7 Å². The van der Waals surface area contributed by atoms with Gasteiger partial charge in [-0.2, -0.15) is 18.3 Å². The van der Waals surface area contributed by atoms with Crippen molar-refractivity contribution >= 4 is 46.3 Å². The molecule has 0 radical (unpaired) electrons. The van der Waals surface area contributed by atoms with Gasteiger partial charge in [-0.1, -0.05) is 48.0 Å². The summed E-state index contributed by atoms with van der Waals surface area (Å²) in [5.74, 6) is -2.94. The molecule has 38 heavy (non-hydrogen) atoms. The zero-order valence-electron chi connectivity index (χ0n) is 19.8. The Labute approximate surface area is 220 Å². The molecule has 1 unspecified atom stereocenters. The molecule has 3 aromatic rings. The van der Waals surface area contributed by atoms with Crippen LogP contribution in [0, 0.1) is 0 Å². The van der Waals surface area contributed by atoms with Crippen LogP contribution < -0.4 is 10.7 Å². The molecule has 0 spiro atoms. The molecule has 12 heteroatoms. The van der Waals surface area contributed by atoms with Gasteiger partial charge in [0.25, 0.3) is 5.91 Å². The van der Waals surface area contributed by atoms with Gasteiger partial charge in [-0.15, -0.1) is 0 Å². The topological polar surface area (TPSA) is 111 Å². The lowest BCUT2D eigenvalue weighted by Gasteiger charge is -2.18. The van der Waals surface area contributed by atoms with E-state index in [2.05, 4.69) is 10.5 Å². The number of hydrogen-bond donors (Lipinski definition) is 3. The molecule has 1 saturated heterocycles. The maximum absolute atomic E-state index is 12.9. The van der Waals surface area contributed by atoms with E-state index in [1.807, 2.05) is 29.6 Å². The number of nitrogens with zero attached hydrogens (tertiary/aromatic N) is 2. The summed E-state index contributed by atoms with van der Waals surface area (Å²) in [6, 6.07) is 14.1. The van der Waals surface area contributed by atoms with Gasteiger partial charge in [-0.3, -0.25) is 14.4 Å². The minimum Gasteiger partial charge on any atom is -0.506 e. The maximum atomic E-state index is 12.9. The van der Waals surface area contributed by atoms with Gasteiger partial charge < -0.3 is 15.3 Å². The van der Waals surface area contributed by atoms with Gasteiger partial charge in [-0.25, -0.2) is 5.43 Å². The number of carbonyl (C=O) groups is 3. The molecule has 0 bridgehead atoms. The van der Waals surface area contributed by atoms with E-state index in [0.717, 1.165) is 10.8 Å². The number of hydrogen-bond acceptors (Lipinski definition) is 5. The summed E-state index contributed by atoms with van der Waals surface area (Å²) in [7, 11) is 0. The summed E-state index contributed by atoms with van der Waals surface area (Å²) in [6.45, 7) is 0.255. The molecule has 0 saturated carbocycles. The van der Waals surface area contributed by atoms with E-state index >= 15 is 0 Å². The van der Waals surface area contributed by atoms with E-state index in [-0.39, 0.29) is 48.2 Å². The Bertz CT molecular complexity index is 1430. The van der Waals surface area contributed by atoms with Crippen LogP contribution in [0.3, 0.4) is 0 Å². The number of fused-ring (bicyclic) bond motifs is 1. The second-order valence-corrected chi connectivity index (χ2v) is 9.11. The van der Waals surface area contributed by atoms with Crippen LogP contribution in [0.5, 0.6) is 5.75 Å². The molecule has 0 aromatic heterocycles. The van der Waals surface area contributed by atoms with Gasteiger partial charge in [0.15, 0.2) is 0 Å². The summed E-state index contributed by atoms with van der Waals surface area (Å²) in [5, 5.41) is 17.0. The predicted octanol–water partition coefficient (Wildman–Crippen LogP) is 3.78. The minimum atomic E-state index is -4.97. The van der Waals surface area contributed by atoms with Crippen molar-refractivity contribution in [2.75, 3.05) is 13.1 Å². The lowest BCUT2D eigenvalue weighted by atomic mass is 9.98. The molecule has 1 aliphatic heterocycles. The Morgan fingerprint density at radius 1 is 1.11 bits per heavy atom. The molecular formula is C26H22ClF3N4O4. The quantitative estimate of drug-likeness (QED) is 0.323. The average Bonchev–Trinajstić information content (AvgIpc) is 3.35. The number of likely N-dealkylation sites (tertiary alicyclic amines) is 1. The van der Waals surface area contributed by atoms with Crippen molar-refractivity contribution in [1.29, 1.82) is 0 Å². The third kappa shape index (κ3) is 6.23. The van der Waals surface area contributed by atoms with Crippen LogP contribution >= 0.6 is 11.6 Å². The second kappa shape index (κ2) is 11.1. The smallest absolute Gasteiger partial charge is 0.471 e. The molecule has 1 heterocycles. The van der Waals surface area contributed by atoms with Crippen molar-refractivity contribution in [3.05, 3.63) is 76.3 Å². The Balaban J connectivity index is 1.43. The van der Waals surface area contributed by atoms with E-state index in [0.29, 0.717) is 11.1 Å². The van der Waals surface area contributed by atoms with Gasteiger partial charge in [0.1, 0.15) is 5.75 Å². The SMILES string of the molecule is O=C(NN=Cc1ccc(CC(=O)N2CCC(NC(=O)C(F)(F)F)C2)c2ccccc12)c1ccc(O)c(Cl)c1. The van der Waals surface area contributed by atoms with Gasteiger partial charge in [0, 0.05) is 30.3 Å². The fourth-order valence-electron chi connectivity index (χ4n) is 4.17. The third-order valence-electron chi connectivity index (χ3n) is 6.10. The molecular weight excluding hydrogens is 525 g/mol. The highest BCUT2D eigenvalue weighted by atomic mass is 35.5. The summed E-state index contributed by atoms with van der Waals surface area (Å²) in [5.41, 5.74) is 4.01. The first-order valence-electron chi connectivity index (χ1n) is 11.5. The van der Waals surface area contributed by atoms with Crippen molar-refractivity contribution in [2.45, 2.75) is 25.1 Å². The van der Waals surface area contributed by atoms with Crippen molar-refractivity contribution in [2.24, 2.45) is 5.10 Å². The number of phenols is 1. The number of carbonyl (C=O) groups excluding carboxylic acids is 3. The van der Waals surface area contributed by atoms with Crippen molar-refractivity contribution < 1.29 is 32.7 Å². The van der Waals surface area contributed by atoms with Crippen LogP contribution in [0.2, 0.25) is 5.02 Å². The number of aromatic hydroxyl groups is 1. The lowest BCUT2D eigenvalue weighted by molar-refractivity contribution is -0.174. The van der Waals surface area contributed by atoms with E-state index < -0.39 is 24.0 Å². The number of hydrazone groups is 1. The molecule has 4 rings (SSSR count). The normalized spacial score (nSPS) is 15.7. The maximum Gasteiger partial charge on any atom is 0.471 e. The molecule has 198 valence electrons. The van der Waals surface area contributed by atoms with Gasteiger partial charge in [-0.05, 0) is 41.0 Å². The van der Waals surface area contributed by atoms with E-state index in [1.165, 1.54) is 29.3 Å². The van der Waals surface area contributed by atoms with Crippen LogP contribution in [-0.2, 0) is 16.0 Å². The molecule has 0 aliphatic carbocycles. The first-order chi connectivity index (χ1) is 18.0. The number of amides is 3. The van der Waals surface area contributed by atoms with Crippen molar-refractivity contribution in [3.8, 4) is 5.75 Å². The predicted molar refractivity (Wildman–Crippen MR) is 135 cm³/mol. The number of rotatable bonds is 6. The zero-order valence-corrected chi connectivity index (χ0v) is 20.5. The van der Waals surface area contributed by atoms with Crippen LogP contribution in [-0.4, -0.2) is 59.3 Å². The number of halogens is 4. The molecule has 3 amide bonds. The monoisotopic (exact) mass is 546 g/mol. The third-order valence-corrected chi connectivity index (χ3v) is 6.41. The minimum absolute atomic E-state index is 0.00920. The van der Waals surface area contributed by atoms with E-state index in [1.54, 1.807) is 12.1 Å². The Hall–Kier alpha value is -4.12. The highest BCUT2D eigenvalue weighted by Crippen LogP contribution is 2.25. The summed E-state index contributed by atoms with van der Waals surface area (Å²) >= 11 is 5.84. The highest BCUT2D eigenvalue weighted by molar-refractivity contribution is 6.32. The lowest BCUT2D eigenvalue weighted by Crippen LogP contribution is -2.44. The number of alkyl halides is 3. The van der Waals surface area contributed by atoms with Gasteiger partial charge in [0.2, 0.25) is 5.91 Å².